The van der Waals surface area contributed by atoms with Crippen molar-refractivity contribution in [1.29, 1.82) is 0 Å². The maximum absolute atomic E-state index is 13.0. The lowest BCUT2D eigenvalue weighted by Gasteiger charge is -2.41. The third kappa shape index (κ3) is 4.03. The Kier molecular flexibility index (Phi) is 5.17. The van der Waals surface area contributed by atoms with Gasteiger partial charge in [-0.3, -0.25) is 4.90 Å². The molecule has 1 unspecified atom stereocenters. The number of hydrogen-bond acceptors (Lipinski definition) is 2. The van der Waals surface area contributed by atoms with Gasteiger partial charge in [0, 0.05) is 18.6 Å². The van der Waals surface area contributed by atoms with Gasteiger partial charge in [-0.1, -0.05) is 19.1 Å². The molecule has 1 aromatic carbocycles. The van der Waals surface area contributed by atoms with Crippen LogP contribution in [-0.2, 0) is 6.42 Å². The summed E-state index contributed by atoms with van der Waals surface area (Å²) in [5.74, 6) is 0.687. The molecule has 112 valence electrons. The second-order valence-corrected chi connectivity index (χ2v) is 6.39. The molecular formula is C17H27FN2. The van der Waals surface area contributed by atoms with Crippen LogP contribution in [0.2, 0.25) is 0 Å². The predicted molar refractivity (Wildman–Crippen MR) is 82.2 cm³/mol. The monoisotopic (exact) mass is 278 g/mol. The molecule has 0 radical (unpaired) electrons. The topological polar surface area (TPSA) is 29.3 Å². The summed E-state index contributed by atoms with van der Waals surface area (Å²) >= 11 is 0. The summed E-state index contributed by atoms with van der Waals surface area (Å²) < 4.78 is 13.0. The first kappa shape index (κ1) is 15.5. The van der Waals surface area contributed by atoms with Crippen molar-refractivity contribution < 1.29 is 4.39 Å². The number of halogens is 1. The number of nitrogens with two attached hydrogens (primary N) is 1. The van der Waals surface area contributed by atoms with Crippen LogP contribution in [0.25, 0.3) is 0 Å². The highest BCUT2D eigenvalue weighted by Gasteiger charge is 2.34. The molecule has 0 spiro atoms. The first-order chi connectivity index (χ1) is 9.57. The van der Waals surface area contributed by atoms with Gasteiger partial charge in [0.15, 0.2) is 0 Å². The van der Waals surface area contributed by atoms with Gasteiger partial charge in [-0.15, -0.1) is 0 Å². The van der Waals surface area contributed by atoms with E-state index in [1.807, 2.05) is 12.1 Å². The third-order valence-electron chi connectivity index (χ3n) is 4.37. The van der Waals surface area contributed by atoms with Gasteiger partial charge in [-0.2, -0.15) is 0 Å². The highest BCUT2D eigenvalue weighted by atomic mass is 19.1. The van der Waals surface area contributed by atoms with Gasteiger partial charge >= 0.3 is 0 Å². The fraction of sp³-hybridized carbons (Fsp3) is 0.647. The van der Waals surface area contributed by atoms with E-state index in [9.17, 15) is 4.39 Å². The molecule has 20 heavy (non-hydrogen) atoms. The Morgan fingerprint density at radius 3 is 2.45 bits per heavy atom. The van der Waals surface area contributed by atoms with Crippen molar-refractivity contribution in [1.82, 2.24) is 4.90 Å². The standard InChI is InChI=1S/C17H27FN2/c1-3-10-20(12-15-4-5-15)17(2,13-19)11-14-6-8-16(18)9-7-14/h6-9,15H,3-5,10-13,19H2,1-2H3. The zero-order valence-corrected chi connectivity index (χ0v) is 12.7. The lowest BCUT2D eigenvalue weighted by molar-refractivity contribution is 0.104. The number of benzene rings is 1. The van der Waals surface area contributed by atoms with Crippen molar-refractivity contribution in [2.24, 2.45) is 11.7 Å². The minimum atomic E-state index is -0.174. The number of nitrogens with zero attached hydrogens (tertiary/aromatic N) is 1. The van der Waals surface area contributed by atoms with Gasteiger partial charge in [0.1, 0.15) is 5.82 Å². The lowest BCUT2D eigenvalue weighted by atomic mass is 9.90. The van der Waals surface area contributed by atoms with Crippen LogP contribution < -0.4 is 5.73 Å². The van der Waals surface area contributed by atoms with Crippen LogP contribution in [0.4, 0.5) is 4.39 Å². The summed E-state index contributed by atoms with van der Waals surface area (Å²) in [7, 11) is 0. The van der Waals surface area contributed by atoms with Crippen molar-refractivity contribution in [2.45, 2.75) is 45.1 Å². The molecule has 1 aliphatic rings. The zero-order chi connectivity index (χ0) is 14.6. The molecule has 0 amide bonds. The first-order valence-corrected chi connectivity index (χ1v) is 7.77. The van der Waals surface area contributed by atoms with E-state index in [-0.39, 0.29) is 11.4 Å². The third-order valence-corrected chi connectivity index (χ3v) is 4.37. The van der Waals surface area contributed by atoms with Crippen molar-refractivity contribution in [3.63, 3.8) is 0 Å². The quantitative estimate of drug-likeness (QED) is 0.791. The van der Waals surface area contributed by atoms with Crippen LogP contribution in [0.15, 0.2) is 24.3 Å². The molecule has 1 aromatic rings. The van der Waals surface area contributed by atoms with E-state index < -0.39 is 0 Å². The fourth-order valence-electron chi connectivity index (χ4n) is 2.82. The highest BCUT2D eigenvalue weighted by Crippen LogP contribution is 2.33. The van der Waals surface area contributed by atoms with Gasteiger partial charge in [0.2, 0.25) is 0 Å². The molecule has 1 atom stereocenters. The summed E-state index contributed by atoms with van der Waals surface area (Å²) in [6.45, 7) is 7.34. The summed E-state index contributed by atoms with van der Waals surface area (Å²) in [5, 5.41) is 0. The first-order valence-electron chi connectivity index (χ1n) is 7.77. The van der Waals surface area contributed by atoms with Gasteiger partial charge in [-0.25, -0.2) is 4.39 Å². The SMILES string of the molecule is CCCN(CC1CC1)C(C)(CN)Cc1ccc(F)cc1. The summed E-state index contributed by atoms with van der Waals surface area (Å²) in [6, 6.07) is 6.84. The van der Waals surface area contributed by atoms with E-state index in [2.05, 4.69) is 18.7 Å². The number of rotatable bonds is 8. The van der Waals surface area contributed by atoms with E-state index in [1.165, 1.54) is 25.0 Å². The summed E-state index contributed by atoms with van der Waals surface area (Å²) in [4.78, 5) is 2.55. The van der Waals surface area contributed by atoms with Crippen molar-refractivity contribution >= 4 is 0 Å². The largest absolute Gasteiger partial charge is 0.329 e. The van der Waals surface area contributed by atoms with E-state index in [4.69, 9.17) is 5.73 Å². The molecule has 3 heteroatoms. The molecule has 1 saturated carbocycles. The van der Waals surface area contributed by atoms with Crippen LogP contribution in [-0.4, -0.2) is 30.1 Å². The Bertz CT molecular complexity index is 414. The van der Waals surface area contributed by atoms with Crippen LogP contribution in [0.3, 0.4) is 0 Å². The molecule has 2 N–H and O–H groups in total. The van der Waals surface area contributed by atoms with Crippen LogP contribution in [0, 0.1) is 11.7 Å². The molecule has 2 nitrogen and oxygen atoms in total. The average Bonchev–Trinajstić information content (AvgIpc) is 3.25. The molecule has 2 rings (SSSR count). The van der Waals surface area contributed by atoms with E-state index in [1.54, 1.807) is 0 Å². The minimum absolute atomic E-state index is 0.0313. The van der Waals surface area contributed by atoms with Crippen molar-refractivity contribution in [2.75, 3.05) is 19.6 Å². The summed E-state index contributed by atoms with van der Waals surface area (Å²) in [6.07, 6.45) is 4.75. The highest BCUT2D eigenvalue weighted by molar-refractivity contribution is 5.19. The van der Waals surface area contributed by atoms with E-state index in [0.717, 1.165) is 37.4 Å². The molecule has 0 heterocycles. The van der Waals surface area contributed by atoms with Crippen molar-refractivity contribution in [3.05, 3.63) is 35.6 Å². The zero-order valence-electron chi connectivity index (χ0n) is 12.7. The van der Waals surface area contributed by atoms with Gasteiger partial charge in [0.25, 0.3) is 0 Å². The Labute approximate surface area is 122 Å². The molecule has 0 aromatic heterocycles. The van der Waals surface area contributed by atoms with Crippen LogP contribution in [0.1, 0.15) is 38.7 Å². The normalized spacial score (nSPS) is 18.2. The predicted octanol–water partition coefficient (Wildman–Crippen LogP) is 3.21. The Hall–Kier alpha value is -0.930. The smallest absolute Gasteiger partial charge is 0.123 e. The van der Waals surface area contributed by atoms with Crippen molar-refractivity contribution in [3.8, 4) is 0 Å². The molecule has 1 fully saturated rings. The van der Waals surface area contributed by atoms with Gasteiger partial charge < -0.3 is 5.73 Å². The van der Waals surface area contributed by atoms with E-state index in [0.29, 0.717) is 6.54 Å². The summed E-state index contributed by atoms with van der Waals surface area (Å²) in [5.41, 5.74) is 7.23. The minimum Gasteiger partial charge on any atom is -0.329 e. The Morgan fingerprint density at radius 2 is 1.95 bits per heavy atom. The average molecular weight is 278 g/mol. The molecule has 1 aliphatic carbocycles. The number of hydrogen-bond donors (Lipinski definition) is 1. The van der Waals surface area contributed by atoms with Gasteiger partial charge in [0.05, 0.1) is 0 Å². The Balaban J connectivity index is 2.09. The fourth-order valence-corrected chi connectivity index (χ4v) is 2.82. The lowest BCUT2D eigenvalue weighted by Crippen LogP contribution is -2.54. The second kappa shape index (κ2) is 6.68. The molecule has 0 aliphatic heterocycles. The van der Waals surface area contributed by atoms with E-state index >= 15 is 0 Å². The maximum Gasteiger partial charge on any atom is 0.123 e. The maximum atomic E-state index is 13.0. The Morgan fingerprint density at radius 1 is 1.30 bits per heavy atom. The van der Waals surface area contributed by atoms with Crippen LogP contribution in [0.5, 0.6) is 0 Å². The van der Waals surface area contributed by atoms with Gasteiger partial charge in [-0.05, 0) is 62.8 Å². The molecular weight excluding hydrogens is 251 g/mol. The van der Waals surface area contributed by atoms with Crippen LogP contribution >= 0.6 is 0 Å². The molecule has 0 bridgehead atoms. The second-order valence-electron chi connectivity index (χ2n) is 6.39. The molecule has 0 saturated heterocycles.